The molecule has 4 nitrogen and oxygen atoms in total. The summed E-state index contributed by atoms with van der Waals surface area (Å²) in [6.07, 6.45) is 5.45. The molecule has 2 N–H and O–H groups in total. The summed E-state index contributed by atoms with van der Waals surface area (Å²) in [5.74, 6) is 2.38. The highest BCUT2D eigenvalue weighted by Crippen LogP contribution is 2.45. The lowest BCUT2D eigenvalue weighted by Gasteiger charge is -2.24. The fraction of sp³-hybridized carbons (Fsp3) is 0.562. The number of benzene rings is 1. The number of nitrogens with one attached hydrogen (secondary N) is 2. The molecule has 2 saturated carbocycles. The van der Waals surface area contributed by atoms with Crippen LogP contribution in [-0.4, -0.2) is 19.1 Å². The Kier molecular flexibility index (Phi) is 3.55. The summed E-state index contributed by atoms with van der Waals surface area (Å²) >= 11 is 0. The van der Waals surface area contributed by atoms with Gasteiger partial charge in [-0.3, -0.25) is 4.79 Å². The van der Waals surface area contributed by atoms with Crippen molar-refractivity contribution in [2.75, 3.05) is 17.7 Å². The molecule has 108 valence electrons. The Morgan fingerprint density at radius 2 is 2.15 bits per heavy atom. The van der Waals surface area contributed by atoms with Gasteiger partial charge in [0.25, 0.3) is 0 Å². The van der Waals surface area contributed by atoms with Gasteiger partial charge in [-0.1, -0.05) is 6.42 Å². The van der Waals surface area contributed by atoms with Crippen molar-refractivity contribution in [2.24, 2.45) is 11.8 Å². The van der Waals surface area contributed by atoms with Crippen LogP contribution in [-0.2, 0) is 4.79 Å². The van der Waals surface area contributed by atoms with Crippen molar-refractivity contribution in [1.82, 2.24) is 0 Å². The monoisotopic (exact) mass is 274 g/mol. The molecule has 3 unspecified atom stereocenters. The van der Waals surface area contributed by atoms with E-state index in [2.05, 4.69) is 10.6 Å². The number of fused-ring (bicyclic) bond motifs is 2. The van der Waals surface area contributed by atoms with Gasteiger partial charge in [-0.25, -0.2) is 0 Å². The maximum absolute atomic E-state index is 11.1. The molecule has 2 aliphatic carbocycles. The van der Waals surface area contributed by atoms with E-state index in [9.17, 15) is 4.79 Å². The molecule has 3 atom stereocenters. The van der Waals surface area contributed by atoms with E-state index in [1.165, 1.54) is 32.6 Å². The van der Waals surface area contributed by atoms with Crippen LogP contribution in [0.25, 0.3) is 0 Å². The molecule has 1 amide bonds. The molecule has 3 rings (SSSR count). The third-order valence-corrected chi connectivity index (χ3v) is 4.60. The lowest BCUT2D eigenvalue weighted by Crippen LogP contribution is -2.25. The van der Waals surface area contributed by atoms with E-state index in [0.717, 1.165) is 23.2 Å². The summed E-state index contributed by atoms with van der Waals surface area (Å²) < 4.78 is 5.36. The number of ether oxygens (including phenoxy) is 1. The highest BCUT2D eigenvalue weighted by molar-refractivity contribution is 5.90. The number of rotatable bonds is 4. The number of hydrogen-bond donors (Lipinski definition) is 2. The summed E-state index contributed by atoms with van der Waals surface area (Å²) in [7, 11) is 1.63. The Bertz CT molecular complexity index is 515. The van der Waals surface area contributed by atoms with Crippen molar-refractivity contribution < 1.29 is 9.53 Å². The van der Waals surface area contributed by atoms with Crippen LogP contribution in [0.2, 0.25) is 0 Å². The molecule has 1 aromatic rings. The second-order valence-corrected chi connectivity index (χ2v) is 6.02. The normalized spacial score (nSPS) is 27.4. The first-order valence-corrected chi connectivity index (χ1v) is 7.38. The van der Waals surface area contributed by atoms with Gasteiger partial charge in [-0.15, -0.1) is 0 Å². The molecule has 0 aliphatic heterocycles. The van der Waals surface area contributed by atoms with Gasteiger partial charge in [-0.2, -0.15) is 0 Å². The van der Waals surface area contributed by atoms with Crippen molar-refractivity contribution in [3.8, 4) is 5.75 Å². The van der Waals surface area contributed by atoms with Crippen LogP contribution in [0.4, 0.5) is 11.4 Å². The second kappa shape index (κ2) is 5.35. The predicted molar refractivity (Wildman–Crippen MR) is 80.2 cm³/mol. The molecule has 0 aromatic heterocycles. The molecular formula is C16H22N2O2. The van der Waals surface area contributed by atoms with Crippen LogP contribution in [0.5, 0.6) is 5.75 Å². The molecule has 0 saturated heterocycles. The quantitative estimate of drug-likeness (QED) is 0.886. The molecule has 2 fully saturated rings. The number of methoxy groups -OCH3 is 1. The zero-order valence-corrected chi connectivity index (χ0v) is 12.1. The van der Waals surface area contributed by atoms with E-state index in [0.29, 0.717) is 11.8 Å². The van der Waals surface area contributed by atoms with Gasteiger partial charge in [0.2, 0.25) is 5.91 Å². The van der Waals surface area contributed by atoms with Crippen LogP contribution >= 0.6 is 0 Å². The number of carbonyl (C=O) groups is 1. The molecule has 0 radical (unpaired) electrons. The smallest absolute Gasteiger partial charge is 0.221 e. The predicted octanol–water partition coefficient (Wildman–Crippen LogP) is 3.25. The lowest BCUT2D eigenvalue weighted by atomic mass is 9.95. The minimum absolute atomic E-state index is 0.0860. The molecular weight excluding hydrogens is 252 g/mol. The molecule has 20 heavy (non-hydrogen) atoms. The van der Waals surface area contributed by atoms with E-state index in [1.54, 1.807) is 7.11 Å². The molecule has 1 aromatic carbocycles. The number of amides is 1. The van der Waals surface area contributed by atoms with E-state index in [4.69, 9.17) is 4.74 Å². The van der Waals surface area contributed by atoms with Crippen LogP contribution < -0.4 is 15.4 Å². The highest BCUT2D eigenvalue weighted by Gasteiger charge is 2.39. The van der Waals surface area contributed by atoms with Crippen LogP contribution in [0.3, 0.4) is 0 Å². The largest absolute Gasteiger partial charge is 0.494 e. The van der Waals surface area contributed by atoms with Crippen LogP contribution in [0.15, 0.2) is 18.2 Å². The minimum atomic E-state index is -0.0860. The summed E-state index contributed by atoms with van der Waals surface area (Å²) in [4.78, 5) is 11.1. The standard InChI is InChI=1S/C16H22N2O2/c1-10(19)17-14-6-5-13(9-16(14)20-2)18-15-8-11-3-4-12(15)7-11/h5-6,9,11-12,15,18H,3-4,7-8H2,1-2H3,(H,17,19). The van der Waals surface area contributed by atoms with E-state index < -0.39 is 0 Å². The molecule has 2 aliphatic rings. The van der Waals surface area contributed by atoms with Crippen molar-refractivity contribution in [2.45, 2.75) is 38.6 Å². The third-order valence-electron chi connectivity index (χ3n) is 4.60. The Balaban J connectivity index is 1.72. The first-order valence-electron chi connectivity index (χ1n) is 7.38. The summed E-state index contributed by atoms with van der Waals surface area (Å²) in [6.45, 7) is 1.50. The zero-order chi connectivity index (χ0) is 14.1. The van der Waals surface area contributed by atoms with Gasteiger partial charge in [0.05, 0.1) is 12.8 Å². The molecule has 4 heteroatoms. The number of hydrogen-bond acceptors (Lipinski definition) is 3. The van der Waals surface area contributed by atoms with Gasteiger partial charge in [0.15, 0.2) is 0 Å². The number of carbonyl (C=O) groups excluding carboxylic acids is 1. The maximum atomic E-state index is 11.1. The van der Waals surface area contributed by atoms with Crippen molar-refractivity contribution in [3.05, 3.63) is 18.2 Å². The second-order valence-electron chi connectivity index (χ2n) is 6.02. The van der Waals surface area contributed by atoms with E-state index in [1.807, 2.05) is 18.2 Å². The van der Waals surface area contributed by atoms with Gasteiger partial charge < -0.3 is 15.4 Å². The van der Waals surface area contributed by atoms with Gasteiger partial charge >= 0.3 is 0 Å². The fourth-order valence-corrected chi connectivity index (χ4v) is 3.71. The summed E-state index contributed by atoms with van der Waals surface area (Å²) in [5.41, 5.74) is 1.80. The summed E-state index contributed by atoms with van der Waals surface area (Å²) in [6, 6.07) is 6.48. The van der Waals surface area contributed by atoms with Gasteiger partial charge in [-0.05, 0) is 43.2 Å². The zero-order valence-electron chi connectivity index (χ0n) is 12.1. The Morgan fingerprint density at radius 3 is 2.75 bits per heavy atom. The van der Waals surface area contributed by atoms with Crippen LogP contribution in [0.1, 0.15) is 32.6 Å². The highest BCUT2D eigenvalue weighted by atomic mass is 16.5. The Hall–Kier alpha value is -1.71. The first-order chi connectivity index (χ1) is 9.65. The van der Waals surface area contributed by atoms with E-state index in [-0.39, 0.29) is 5.91 Å². The van der Waals surface area contributed by atoms with Gasteiger partial charge in [0.1, 0.15) is 5.75 Å². The topological polar surface area (TPSA) is 50.4 Å². The van der Waals surface area contributed by atoms with Crippen molar-refractivity contribution in [1.29, 1.82) is 0 Å². The molecule has 0 heterocycles. The minimum Gasteiger partial charge on any atom is -0.494 e. The third kappa shape index (κ3) is 2.60. The average molecular weight is 274 g/mol. The SMILES string of the molecule is COc1cc(NC2CC3CCC2C3)ccc1NC(C)=O. The maximum Gasteiger partial charge on any atom is 0.221 e. The molecule has 0 spiro atoms. The summed E-state index contributed by atoms with van der Waals surface area (Å²) in [5, 5.41) is 6.42. The number of anilines is 2. The lowest BCUT2D eigenvalue weighted by molar-refractivity contribution is -0.114. The van der Waals surface area contributed by atoms with Gasteiger partial charge in [0, 0.05) is 24.7 Å². The Labute approximate surface area is 119 Å². The Morgan fingerprint density at radius 1 is 1.30 bits per heavy atom. The van der Waals surface area contributed by atoms with E-state index >= 15 is 0 Å². The van der Waals surface area contributed by atoms with Crippen LogP contribution in [0, 0.1) is 11.8 Å². The van der Waals surface area contributed by atoms with Crippen molar-refractivity contribution in [3.63, 3.8) is 0 Å². The van der Waals surface area contributed by atoms with Crippen molar-refractivity contribution >= 4 is 17.3 Å². The average Bonchev–Trinajstić information content (AvgIpc) is 3.02. The fourth-order valence-electron chi connectivity index (χ4n) is 3.71. The first kappa shape index (κ1) is 13.3. The molecule has 2 bridgehead atoms.